The van der Waals surface area contributed by atoms with Gasteiger partial charge in [0.1, 0.15) is 0 Å². The highest BCUT2D eigenvalue weighted by atomic mass is 16.5. The lowest BCUT2D eigenvalue weighted by atomic mass is 9.87. The molecule has 3 aromatic rings. The van der Waals surface area contributed by atoms with Gasteiger partial charge in [-0.2, -0.15) is 9.50 Å². The van der Waals surface area contributed by atoms with Crippen LogP contribution in [0.25, 0.3) is 5.78 Å². The van der Waals surface area contributed by atoms with Crippen LogP contribution >= 0.6 is 0 Å². The Morgan fingerprint density at radius 2 is 1.90 bits per heavy atom. The van der Waals surface area contributed by atoms with Crippen LogP contribution in [0.5, 0.6) is 0 Å². The Balaban J connectivity index is 1.45. The smallest absolute Gasteiger partial charge is 0.275 e. The number of hydrogen-bond donors (Lipinski definition) is 2. The predicted octanol–water partition coefficient (Wildman–Crippen LogP) is 2.16. The first-order chi connectivity index (χ1) is 13.9. The van der Waals surface area contributed by atoms with E-state index in [1.165, 1.54) is 10.1 Å². The minimum atomic E-state index is -0.183. The number of anilines is 1. The molecule has 0 bridgehead atoms. The largest absolute Gasteiger partial charge is 0.379 e. The minimum absolute atomic E-state index is 0.133. The van der Waals surface area contributed by atoms with Gasteiger partial charge >= 0.3 is 0 Å². The van der Waals surface area contributed by atoms with E-state index >= 15 is 0 Å². The van der Waals surface area contributed by atoms with E-state index in [-0.39, 0.29) is 11.0 Å². The van der Waals surface area contributed by atoms with Crippen molar-refractivity contribution in [2.24, 2.45) is 0 Å². The molecule has 2 N–H and O–H groups in total. The number of hydrogen-bond acceptors (Lipinski definition) is 6. The molecule has 0 unspecified atom stereocenters. The van der Waals surface area contributed by atoms with Crippen LogP contribution in [0.4, 0.5) is 5.95 Å². The molecule has 1 fully saturated rings. The van der Waals surface area contributed by atoms with E-state index in [2.05, 4.69) is 70.3 Å². The predicted molar refractivity (Wildman–Crippen MR) is 112 cm³/mol. The van der Waals surface area contributed by atoms with Crippen molar-refractivity contribution in [3.63, 3.8) is 0 Å². The fraction of sp³-hybridized carbons (Fsp3) is 0.476. The highest BCUT2D eigenvalue weighted by Crippen LogP contribution is 2.22. The summed E-state index contributed by atoms with van der Waals surface area (Å²) >= 11 is 0. The summed E-state index contributed by atoms with van der Waals surface area (Å²) in [5.74, 6) is 0.883. The molecule has 0 radical (unpaired) electrons. The highest BCUT2D eigenvalue weighted by molar-refractivity contribution is 5.38. The number of aromatic amines is 1. The van der Waals surface area contributed by atoms with Gasteiger partial charge in [-0.1, -0.05) is 45.0 Å². The van der Waals surface area contributed by atoms with Crippen molar-refractivity contribution in [2.45, 2.75) is 39.3 Å². The quantitative estimate of drug-likeness (QED) is 0.687. The molecule has 8 heteroatoms. The highest BCUT2D eigenvalue weighted by Gasteiger charge is 2.15. The maximum atomic E-state index is 12.4. The number of fused-ring (bicyclic) bond motifs is 1. The molecule has 29 heavy (non-hydrogen) atoms. The number of nitrogens with zero attached hydrogens (tertiary/aromatic N) is 4. The first kappa shape index (κ1) is 19.6. The molecule has 0 spiro atoms. The van der Waals surface area contributed by atoms with Crippen LogP contribution in [-0.2, 0) is 23.2 Å². The van der Waals surface area contributed by atoms with E-state index < -0.39 is 0 Å². The molecule has 8 nitrogen and oxygen atoms in total. The average Bonchev–Trinajstić information content (AvgIpc) is 3.10. The van der Waals surface area contributed by atoms with Crippen molar-refractivity contribution in [3.05, 3.63) is 57.5 Å². The Hall–Kier alpha value is -2.71. The number of H-pyrrole nitrogens is 1. The second-order valence-corrected chi connectivity index (χ2v) is 8.49. The summed E-state index contributed by atoms with van der Waals surface area (Å²) in [5.41, 5.74) is 3.22. The third kappa shape index (κ3) is 4.65. The molecule has 1 aliphatic rings. The normalized spacial score (nSPS) is 15.7. The average molecular weight is 396 g/mol. The molecular weight excluding hydrogens is 368 g/mol. The lowest BCUT2D eigenvalue weighted by Crippen LogP contribution is -2.36. The molecule has 1 saturated heterocycles. The van der Waals surface area contributed by atoms with Gasteiger partial charge in [-0.05, 0) is 16.5 Å². The summed E-state index contributed by atoms with van der Waals surface area (Å²) in [4.78, 5) is 22.3. The Morgan fingerprint density at radius 1 is 1.17 bits per heavy atom. The first-order valence-corrected chi connectivity index (χ1v) is 10.0. The van der Waals surface area contributed by atoms with Crippen LogP contribution in [0.3, 0.4) is 0 Å². The van der Waals surface area contributed by atoms with Gasteiger partial charge in [0.25, 0.3) is 5.56 Å². The molecule has 1 aliphatic heterocycles. The maximum absolute atomic E-state index is 12.4. The molecular formula is C21H28N6O2. The van der Waals surface area contributed by atoms with Crippen LogP contribution in [0, 0.1) is 0 Å². The molecule has 154 valence electrons. The second-order valence-electron chi connectivity index (χ2n) is 8.49. The van der Waals surface area contributed by atoms with Crippen molar-refractivity contribution in [1.29, 1.82) is 0 Å². The molecule has 2 aromatic heterocycles. The molecule has 0 atom stereocenters. The zero-order valence-electron chi connectivity index (χ0n) is 17.2. The van der Waals surface area contributed by atoms with Crippen LogP contribution < -0.4 is 10.9 Å². The van der Waals surface area contributed by atoms with E-state index in [4.69, 9.17) is 4.74 Å². The zero-order chi connectivity index (χ0) is 20.4. The standard InChI is InChI=1S/C21H28N6O2/c1-21(2,3)16-6-4-15(5-7-16)13-22-19-24-20-23-17(12-18(28)27(20)25-19)14-26-8-10-29-11-9-26/h4-7,12H,8-11,13-14H2,1-3H3,(H2,22,23,24,25). The van der Waals surface area contributed by atoms with Crippen molar-refractivity contribution in [1.82, 2.24) is 24.5 Å². The van der Waals surface area contributed by atoms with Gasteiger partial charge in [0.15, 0.2) is 0 Å². The number of morpholine rings is 1. The molecule has 0 saturated carbocycles. The summed E-state index contributed by atoms with van der Waals surface area (Å²) in [7, 11) is 0. The second kappa shape index (κ2) is 7.96. The van der Waals surface area contributed by atoms with E-state index in [0.29, 0.717) is 24.8 Å². The van der Waals surface area contributed by atoms with Gasteiger partial charge in [-0.15, -0.1) is 5.10 Å². The van der Waals surface area contributed by atoms with Gasteiger partial charge in [0.2, 0.25) is 11.7 Å². The van der Waals surface area contributed by atoms with E-state index in [1.807, 2.05) is 0 Å². The summed E-state index contributed by atoms with van der Waals surface area (Å²) in [5, 5.41) is 7.50. The number of benzene rings is 1. The van der Waals surface area contributed by atoms with Gasteiger partial charge < -0.3 is 15.0 Å². The summed E-state index contributed by atoms with van der Waals surface area (Å²) in [6.07, 6.45) is 0. The monoisotopic (exact) mass is 396 g/mol. The van der Waals surface area contributed by atoms with Crippen molar-refractivity contribution in [2.75, 3.05) is 31.6 Å². The fourth-order valence-electron chi connectivity index (χ4n) is 3.40. The Bertz CT molecular complexity index is 1030. The summed E-state index contributed by atoms with van der Waals surface area (Å²) in [6, 6.07) is 10.1. The Labute approximate surface area is 169 Å². The SMILES string of the molecule is CC(C)(C)c1ccc(CNc2nc3[nH]c(CN4CCOCC4)cc(=O)n3n2)cc1. The number of nitrogens with one attached hydrogen (secondary N) is 2. The molecule has 3 heterocycles. The van der Waals surface area contributed by atoms with Crippen LogP contribution in [0.1, 0.15) is 37.6 Å². The van der Waals surface area contributed by atoms with Crippen LogP contribution in [0.2, 0.25) is 0 Å². The molecule has 4 rings (SSSR count). The van der Waals surface area contributed by atoms with E-state index in [0.717, 1.165) is 37.6 Å². The van der Waals surface area contributed by atoms with Gasteiger partial charge in [-0.25, -0.2) is 0 Å². The topological polar surface area (TPSA) is 87.5 Å². The third-order valence-corrected chi connectivity index (χ3v) is 5.15. The van der Waals surface area contributed by atoms with Crippen LogP contribution in [-0.4, -0.2) is 50.8 Å². The van der Waals surface area contributed by atoms with Crippen molar-refractivity contribution < 1.29 is 4.74 Å². The maximum Gasteiger partial charge on any atom is 0.275 e. The molecule has 1 aromatic carbocycles. The Morgan fingerprint density at radius 3 is 2.59 bits per heavy atom. The number of aromatic nitrogens is 4. The van der Waals surface area contributed by atoms with E-state index in [1.54, 1.807) is 6.07 Å². The van der Waals surface area contributed by atoms with Crippen molar-refractivity contribution in [3.8, 4) is 0 Å². The Kier molecular flexibility index (Phi) is 5.38. The minimum Gasteiger partial charge on any atom is -0.379 e. The lowest BCUT2D eigenvalue weighted by molar-refractivity contribution is 0.0336. The number of rotatable bonds is 5. The van der Waals surface area contributed by atoms with Gasteiger partial charge in [0.05, 0.1) is 13.2 Å². The zero-order valence-corrected chi connectivity index (χ0v) is 17.2. The number of ether oxygens (including phenoxy) is 1. The van der Waals surface area contributed by atoms with E-state index in [9.17, 15) is 4.79 Å². The first-order valence-electron chi connectivity index (χ1n) is 10.0. The molecule has 0 aliphatic carbocycles. The van der Waals surface area contributed by atoms with Gasteiger partial charge in [0, 0.05) is 37.9 Å². The molecule has 0 amide bonds. The van der Waals surface area contributed by atoms with Gasteiger partial charge in [-0.3, -0.25) is 9.69 Å². The van der Waals surface area contributed by atoms with Crippen LogP contribution in [0.15, 0.2) is 35.1 Å². The fourth-order valence-corrected chi connectivity index (χ4v) is 3.40. The van der Waals surface area contributed by atoms with Crippen molar-refractivity contribution >= 4 is 11.7 Å². The third-order valence-electron chi connectivity index (χ3n) is 5.15. The summed E-state index contributed by atoms with van der Waals surface area (Å²) in [6.45, 7) is 11.0. The summed E-state index contributed by atoms with van der Waals surface area (Å²) < 4.78 is 6.67. The lowest BCUT2D eigenvalue weighted by Gasteiger charge is -2.26.